The molecular weight excluding hydrogens is 366 g/mol. The normalized spacial score (nSPS) is 11.4. The Morgan fingerprint density at radius 1 is 1.21 bits per heavy atom. The van der Waals surface area contributed by atoms with Gasteiger partial charge in [0.05, 0.1) is 17.1 Å². The molecule has 2 aromatic carbocycles. The minimum Gasteiger partial charge on any atom is -0.444 e. The molecule has 2 rings (SSSR count). The van der Waals surface area contributed by atoms with Gasteiger partial charge in [0.25, 0.3) is 11.6 Å². The first kappa shape index (κ1) is 20.8. The van der Waals surface area contributed by atoms with Crippen LogP contribution in [0.15, 0.2) is 48.5 Å². The summed E-state index contributed by atoms with van der Waals surface area (Å²) in [6.45, 7) is -0.0614. The van der Waals surface area contributed by atoms with Crippen LogP contribution >= 0.6 is 0 Å². The van der Waals surface area contributed by atoms with E-state index in [-0.39, 0.29) is 30.1 Å². The van der Waals surface area contributed by atoms with Gasteiger partial charge in [0, 0.05) is 44.0 Å². The number of non-ortho nitro benzene ring substituents is 1. The Bertz CT molecular complexity index is 854. The Kier molecular flexibility index (Phi) is 7.05. The number of nitro groups is 1. The van der Waals surface area contributed by atoms with E-state index in [1.807, 2.05) is 0 Å². The number of nitrogens with zero attached hydrogens (tertiary/aromatic N) is 2. The molecule has 0 saturated heterocycles. The van der Waals surface area contributed by atoms with E-state index >= 15 is 0 Å². The van der Waals surface area contributed by atoms with Gasteiger partial charge in [0.1, 0.15) is 0 Å². The summed E-state index contributed by atoms with van der Waals surface area (Å²) in [4.78, 5) is 37.1. The Hall–Kier alpha value is -3.46. The number of aliphatic hydroxyl groups excluding tert-OH is 1. The SMILES string of the molecule is CN(C)C(=O)[C@H](OC(=O)c1cc([N+](=O)[O-])ccc1NCCO)c1ccccc1. The van der Waals surface area contributed by atoms with Crippen molar-refractivity contribution in [3.05, 3.63) is 69.8 Å². The number of benzene rings is 2. The molecule has 2 aromatic rings. The van der Waals surface area contributed by atoms with E-state index in [0.29, 0.717) is 5.56 Å². The van der Waals surface area contributed by atoms with Crippen molar-refractivity contribution in [2.24, 2.45) is 0 Å². The van der Waals surface area contributed by atoms with Crippen molar-refractivity contribution in [3.63, 3.8) is 0 Å². The molecule has 9 nitrogen and oxygen atoms in total. The summed E-state index contributed by atoms with van der Waals surface area (Å²) in [7, 11) is 3.07. The summed E-state index contributed by atoms with van der Waals surface area (Å²) in [6, 6.07) is 12.1. The number of likely N-dealkylation sites (N-methyl/N-ethyl adjacent to an activating group) is 1. The average Bonchev–Trinajstić information content (AvgIpc) is 2.70. The van der Waals surface area contributed by atoms with E-state index in [1.54, 1.807) is 30.3 Å². The third-order valence-electron chi connectivity index (χ3n) is 3.85. The molecular formula is C19H21N3O6. The predicted octanol–water partition coefficient (Wildman–Crippen LogP) is 1.99. The molecule has 148 valence electrons. The summed E-state index contributed by atoms with van der Waals surface area (Å²) in [5.74, 6) is -1.34. The summed E-state index contributed by atoms with van der Waals surface area (Å²) < 4.78 is 5.45. The van der Waals surface area contributed by atoms with Crippen LogP contribution in [0.25, 0.3) is 0 Å². The maximum absolute atomic E-state index is 12.8. The van der Waals surface area contributed by atoms with Gasteiger partial charge >= 0.3 is 5.97 Å². The number of rotatable bonds is 8. The van der Waals surface area contributed by atoms with E-state index in [4.69, 9.17) is 9.84 Å². The molecule has 0 aliphatic heterocycles. The third kappa shape index (κ3) is 5.04. The molecule has 0 aromatic heterocycles. The van der Waals surface area contributed by atoms with Gasteiger partial charge in [-0.05, 0) is 6.07 Å². The van der Waals surface area contributed by atoms with Gasteiger partial charge in [-0.3, -0.25) is 14.9 Å². The highest BCUT2D eigenvalue weighted by atomic mass is 16.6. The van der Waals surface area contributed by atoms with Gasteiger partial charge in [-0.15, -0.1) is 0 Å². The Balaban J connectivity index is 2.40. The first-order valence-corrected chi connectivity index (χ1v) is 8.45. The molecule has 1 amide bonds. The quantitative estimate of drug-likeness (QED) is 0.403. The number of hydrogen-bond acceptors (Lipinski definition) is 7. The molecule has 9 heteroatoms. The zero-order valence-electron chi connectivity index (χ0n) is 15.5. The van der Waals surface area contributed by atoms with Gasteiger partial charge in [-0.25, -0.2) is 4.79 Å². The van der Waals surface area contributed by atoms with Crippen LogP contribution < -0.4 is 5.32 Å². The minimum atomic E-state index is -1.20. The van der Waals surface area contributed by atoms with Crippen molar-refractivity contribution in [1.82, 2.24) is 4.90 Å². The molecule has 1 atom stereocenters. The molecule has 0 saturated carbocycles. The lowest BCUT2D eigenvalue weighted by Crippen LogP contribution is -2.31. The largest absolute Gasteiger partial charge is 0.444 e. The predicted molar refractivity (Wildman–Crippen MR) is 102 cm³/mol. The standard InChI is InChI=1S/C19H21N3O6/c1-21(2)18(24)17(13-6-4-3-5-7-13)28-19(25)15-12-14(22(26)27)8-9-16(15)20-10-11-23/h3-9,12,17,20,23H,10-11H2,1-2H3/t17-/m1/s1. The lowest BCUT2D eigenvalue weighted by Gasteiger charge is -2.22. The number of carbonyl (C=O) groups is 2. The first-order valence-electron chi connectivity index (χ1n) is 8.45. The van der Waals surface area contributed by atoms with Crippen molar-refractivity contribution in [1.29, 1.82) is 0 Å². The van der Waals surface area contributed by atoms with E-state index in [9.17, 15) is 19.7 Å². The zero-order chi connectivity index (χ0) is 20.7. The number of nitrogens with one attached hydrogen (secondary N) is 1. The van der Waals surface area contributed by atoms with E-state index in [2.05, 4.69) is 5.32 Å². The molecule has 2 N–H and O–H groups in total. The Labute approximate surface area is 161 Å². The molecule has 0 aliphatic carbocycles. The number of ether oxygens (including phenoxy) is 1. The monoisotopic (exact) mass is 387 g/mol. The summed E-state index contributed by atoms with van der Waals surface area (Å²) in [6.07, 6.45) is -1.20. The molecule has 0 unspecified atom stereocenters. The molecule has 0 radical (unpaired) electrons. The topological polar surface area (TPSA) is 122 Å². The minimum absolute atomic E-state index is 0.102. The second-order valence-electron chi connectivity index (χ2n) is 6.07. The first-order chi connectivity index (χ1) is 13.3. The summed E-state index contributed by atoms with van der Waals surface area (Å²) in [5.41, 5.74) is 0.338. The van der Waals surface area contributed by atoms with Gasteiger partial charge in [-0.1, -0.05) is 30.3 Å². The summed E-state index contributed by atoms with van der Waals surface area (Å²) >= 11 is 0. The van der Waals surface area contributed by atoms with E-state index in [1.165, 1.54) is 31.1 Å². The van der Waals surface area contributed by atoms with Crippen molar-refractivity contribution in [2.45, 2.75) is 6.10 Å². The average molecular weight is 387 g/mol. The molecule has 0 spiro atoms. The van der Waals surface area contributed by atoms with Gasteiger partial charge in [-0.2, -0.15) is 0 Å². The van der Waals surface area contributed by atoms with Crippen LogP contribution in [0.1, 0.15) is 22.0 Å². The second-order valence-corrected chi connectivity index (χ2v) is 6.07. The van der Waals surface area contributed by atoms with Crippen LogP contribution in [-0.4, -0.2) is 54.1 Å². The van der Waals surface area contributed by atoms with Crippen molar-refractivity contribution in [2.75, 3.05) is 32.6 Å². The van der Waals surface area contributed by atoms with Gasteiger partial charge < -0.3 is 20.1 Å². The third-order valence-corrected chi connectivity index (χ3v) is 3.85. The highest BCUT2D eigenvalue weighted by Crippen LogP contribution is 2.27. The van der Waals surface area contributed by atoms with Crippen molar-refractivity contribution in [3.8, 4) is 0 Å². The maximum atomic E-state index is 12.8. The van der Waals surface area contributed by atoms with Crippen LogP contribution in [0.3, 0.4) is 0 Å². The smallest absolute Gasteiger partial charge is 0.341 e. The fraction of sp³-hybridized carbons (Fsp3) is 0.263. The fourth-order valence-electron chi connectivity index (χ4n) is 2.45. The Morgan fingerprint density at radius 2 is 1.89 bits per heavy atom. The van der Waals surface area contributed by atoms with Crippen molar-refractivity contribution < 1.29 is 24.4 Å². The van der Waals surface area contributed by atoms with Crippen LogP contribution in [0.2, 0.25) is 0 Å². The summed E-state index contributed by atoms with van der Waals surface area (Å²) in [5, 5.41) is 22.9. The zero-order valence-corrected chi connectivity index (χ0v) is 15.5. The number of anilines is 1. The van der Waals surface area contributed by atoms with Crippen LogP contribution in [0.5, 0.6) is 0 Å². The number of aliphatic hydroxyl groups is 1. The lowest BCUT2D eigenvalue weighted by atomic mass is 10.1. The fourth-order valence-corrected chi connectivity index (χ4v) is 2.45. The number of carbonyl (C=O) groups excluding carboxylic acids is 2. The van der Waals surface area contributed by atoms with Crippen molar-refractivity contribution >= 4 is 23.3 Å². The Morgan fingerprint density at radius 3 is 2.46 bits per heavy atom. The molecule has 0 bridgehead atoms. The molecule has 28 heavy (non-hydrogen) atoms. The molecule has 0 heterocycles. The van der Waals surface area contributed by atoms with Gasteiger partial charge in [0.15, 0.2) is 0 Å². The van der Waals surface area contributed by atoms with Gasteiger partial charge in [0.2, 0.25) is 6.10 Å². The van der Waals surface area contributed by atoms with E-state index in [0.717, 1.165) is 6.07 Å². The number of amides is 1. The second kappa shape index (κ2) is 9.47. The highest BCUT2D eigenvalue weighted by Gasteiger charge is 2.28. The molecule has 0 aliphatic rings. The number of hydrogen-bond donors (Lipinski definition) is 2. The molecule has 0 fully saturated rings. The number of esters is 1. The lowest BCUT2D eigenvalue weighted by molar-refractivity contribution is -0.384. The highest BCUT2D eigenvalue weighted by molar-refractivity contribution is 5.98. The number of nitro benzene ring substituents is 1. The maximum Gasteiger partial charge on any atom is 0.341 e. The van der Waals surface area contributed by atoms with E-state index < -0.39 is 22.9 Å². The van der Waals surface area contributed by atoms with Crippen LogP contribution in [0.4, 0.5) is 11.4 Å². The van der Waals surface area contributed by atoms with Crippen LogP contribution in [0, 0.1) is 10.1 Å². The van der Waals surface area contributed by atoms with Crippen LogP contribution in [-0.2, 0) is 9.53 Å².